The van der Waals surface area contributed by atoms with Crippen LogP contribution in [0, 0.1) is 0 Å². The summed E-state index contributed by atoms with van der Waals surface area (Å²) in [7, 11) is 4.98. The van der Waals surface area contributed by atoms with Gasteiger partial charge in [0.2, 0.25) is 0 Å². The van der Waals surface area contributed by atoms with Crippen LogP contribution in [0.4, 0.5) is 0 Å². The van der Waals surface area contributed by atoms with Crippen molar-refractivity contribution in [3.8, 4) is 0 Å². The Bertz CT molecular complexity index is 181. The highest BCUT2D eigenvalue weighted by atomic mass is 32.1. The molecule has 5 nitrogen and oxygen atoms in total. The van der Waals surface area contributed by atoms with E-state index in [9.17, 15) is 0 Å². The van der Waals surface area contributed by atoms with Gasteiger partial charge in [0.05, 0.1) is 12.7 Å². The minimum atomic E-state index is 0.0173. The Hall–Kier alpha value is -0.430. The minimum absolute atomic E-state index is 0.0173. The van der Waals surface area contributed by atoms with E-state index in [4.69, 9.17) is 26.4 Å². The smallest absolute Gasteiger partial charge is 0.166 e. The van der Waals surface area contributed by atoms with E-state index in [-0.39, 0.29) is 6.10 Å². The maximum atomic E-state index is 5.19. The molecule has 0 aliphatic rings. The number of hydrogen-bond donors (Lipinski definition) is 2. The third-order valence-corrected chi connectivity index (χ3v) is 2.28. The van der Waals surface area contributed by atoms with Crippen molar-refractivity contribution < 1.29 is 14.2 Å². The maximum absolute atomic E-state index is 5.19. The average molecular weight is 250 g/mol. The standard InChI is InChI=1S/C10H22N2O3S/c1-13-6-4-5-11-10(16)12-7-9(15-3)8-14-2/h9H,4-8H2,1-3H3,(H2,11,12,16). The van der Waals surface area contributed by atoms with Gasteiger partial charge in [-0.1, -0.05) is 0 Å². The van der Waals surface area contributed by atoms with Gasteiger partial charge in [-0.15, -0.1) is 0 Å². The highest BCUT2D eigenvalue weighted by Crippen LogP contribution is 1.88. The zero-order chi connectivity index (χ0) is 12.2. The van der Waals surface area contributed by atoms with Crippen molar-refractivity contribution in [2.24, 2.45) is 0 Å². The molecule has 0 saturated heterocycles. The van der Waals surface area contributed by atoms with E-state index in [0.717, 1.165) is 19.6 Å². The summed E-state index contributed by atoms with van der Waals surface area (Å²) in [6.45, 7) is 2.73. The van der Waals surface area contributed by atoms with Gasteiger partial charge in [0.1, 0.15) is 0 Å². The quantitative estimate of drug-likeness (QED) is 0.449. The SMILES string of the molecule is COCCCNC(=S)NCC(COC)OC. The molecule has 0 aliphatic carbocycles. The topological polar surface area (TPSA) is 51.8 Å². The molecule has 0 saturated carbocycles. The lowest BCUT2D eigenvalue weighted by molar-refractivity contribution is 0.0315. The molecule has 1 atom stereocenters. The number of methoxy groups -OCH3 is 3. The molecule has 1 unspecified atom stereocenters. The first-order chi connectivity index (χ1) is 7.74. The molecule has 0 aromatic heterocycles. The summed E-state index contributed by atoms with van der Waals surface area (Å²) >= 11 is 5.09. The molecule has 0 aliphatic heterocycles. The zero-order valence-electron chi connectivity index (χ0n) is 10.2. The van der Waals surface area contributed by atoms with Crippen molar-refractivity contribution >= 4 is 17.3 Å². The molecule has 0 bridgehead atoms. The molecule has 6 heteroatoms. The van der Waals surface area contributed by atoms with Crippen molar-refractivity contribution in [2.75, 3.05) is 47.6 Å². The Morgan fingerprint density at radius 2 is 1.94 bits per heavy atom. The van der Waals surface area contributed by atoms with Crippen LogP contribution in [0.5, 0.6) is 0 Å². The summed E-state index contributed by atoms with van der Waals surface area (Å²) in [4.78, 5) is 0. The number of nitrogens with one attached hydrogen (secondary N) is 2. The molecule has 0 heterocycles. The second kappa shape index (κ2) is 11.1. The van der Waals surface area contributed by atoms with Gasteiger partial charge in [-0.3, -0.25) is 0 Å². The molecule has 0 radical (unpaired) electrons. The van der Waals surface area contributed by atoms with Crippen molar-refractivity contribution in [2.45, 2.75) is 12.5 Å². The number of thiocarbonyl (C=S) groups is 1. The zero-order valence-corrected chi connectivity index (χ0v) is 11.1. The fourth-order valence-electron chi connectivity index (χ4n) is 1.08. The highest BCUT2D eigenvalue weighted by Gasteiger charge is 2.06. The lowest BCUT2D eigenvalue weighted by Gasteiger charge is -2.16. The number of hydrogen-bond acceptors (Lipinski definition) is 4. The second-order valence-electron chi connectivity index (χ2n) is 3.30. The molecule has 96 valence electrons. The van der Waals surface area contributed by atoms with Crippen molar-refractivity contribution in [1.29, 1.82) is 0 Å². The average Bonchev–Trinajstić information content (AvgIpc) is 2.30. The van der Waals surface area contributed by atoms with Crippen LogP contribution in [-0.4, -0.2) is 58.8 Å². The van der Waals surface area contributed by atoms with Crippen molar-refractivity contribution in [1.82, 2.24) is 10.6 Å². The van der Waals surface area contributed by atoms with E-state index in [2.05, 4.69) is 10.6 Å². The Morgan fingerprint density at radius 3 is 2.50 bits per heavy atom. The van der Waals surface area contributed by atoms with Crippen LogP contribution >= 0.6 is 12.2 Å². The van der Waals surface area contributed by atoms with Crippen molar-refractivity contribution in [3.63, 3.8) is 0 Å². The molecular formula is C10H22N2O3S. The molecule has 0 fully saturated rings. The normalized spacial score (nSPS) is 12.2. The van der Waals surface area contributed by atoms with Gasteiger partial charge in [-0.2, -0.15) is 0 Å². The molecule has 0 rings (SSSR count). The Morgan fingerprint density at radius 1 is 1.19 bits per heavy atom. The number of rotatable bonds is 9. The van der Waals surface area contributed by atoms with Crippen LogP contribution in [0.3, 0.4) is 0 Å². The molecular weight excluding hydrogens is 228 g/mol. The van der Waals surface area contributed by atoms with E-state index >= 15 is 0 Å². The van der Waals surface area contributed by atoms with Crippen LogP contribution in [0.15, 0.2) is 0 Å². The Kier molecular flexibility index (Phi) is 10.8. The van der Waals surface area contributed by atoms with Gasteiger partial charge in [0.25, 0.3) is 0 Å². The lowest BCUT2D eigenvalue weighted by atomic mass is 10.4. The molecule has 0 amide bonds. The third kappa shape index (κ3) is 8.84. The summed E-state index contributed by atoms with van der Waals surface area (Å²) in [6.07, 6.45) is 0.952. The molecule has 16 heavy (non-hydrogen) atoms. The maximum Gasteiger partial charge on any atom is 0.166 e. The summed E-state index contributed by atoms with van der Waals surface area (Å²) in [5.41, 5.74) is 0. The van der Waals surface area contributed by atoms with E-state index in [1.807, 2.05) is 0 Å². The second-order valence-corrected chi connectivity index (χ2v) is 3.70. The third-order valence-electron chi connectivity index (χ3n) is 1.99. The van der Waals surface area contributed by atoms with Crippen LogP contribution in [0.1, 0.15) is 6.42 Å². The summed E-state index contributed by atoms with van der Waals surface area (Å²) in [5, 5.41) is 6.79. The highest BCUT2D eigenvalue weighted by molar-refractivity contribution is 7.80. The molecule has 0 spiro atoms. The first kappa shape index (κ1) is 15.6. The fraction of sp³-hybridized carbons (Fsp3) is 0.900. The Balaban J connectivity index is 3.47. The molecule has 2 N–H and O–H groups in total. The van der Waals surface area contributed by atoms with Gasteiger partial charge < -0.3 is 24.8 Å². The first-order valence-electron chi connectivity index (χ1n) is 5.27. The van der Waals surface area contributed by atoms with Crippen molar-refractivity contribution in [3.05, 3.63) is 0 Å². The van der Waals surface area contributed by atoms with Crippen LogP contribution in [-0.2, 0) is 14.2 Å². The van der Waals surface area contributed by atoms with Crippen LogP contribution < -0.4 is 10.6 Å². The summed E-state index contributed by atoms with van der Waals surface area (Å²) in [6, 6.07) is 0. The van der Waals surface area contributed by atoms with Crippen LogP contribution in [0.25, 0.3) is 0 Å². The first-order valence-corrected chi connectivity index (χ1v) is 5.67. The van der Waals surface area contributed by atoms with Crippen LogP contribution in [0.2, 0.25) is 0 Å². The monoisotopic (exact) mass is 250 g/mol. The molecule has 0 aromatic carbocycles. The summed E-state index contributed by atoms with van der Waals surface area (Å²) in [5.74, 6) is 0. The van der Waals surface area contributed by atoms with Gasteiger partial charge >= 0.3 is 0 Å². The van der Waals surface area contributed by atoms with Gasteiger partial charge in [-0.05, 0) is 18.6 Å². The minimum Gasteiger partial charge on any atom is -0.385 e. The van der Waals surface area contributed by atoms with Gasteiger partial charge in [0, 0.05) is 41.0 Å². The largest absolute Gasteiger partial charge is 0.385 e. The van der Waals surface area contributed by atoms with E-state index < -0.39 is 0 Å². The predicted molar refractivity (Wildman–Crippen MR) is 67.8 cm³/mol. The predicted octanol–water partition coefficient (Wildman–Crippen LogP) is 0.148. The molecule has 0 aromatic rings. The van der Waals surface area contributed by atoms with E-state index in [1.54, 1.807) is 21.3 Å². The van der Waals surface area contributed by atoms with E-state index in [1.165, 1.54) is 0 Å². The Labute approximate surface area is 103 Å². The van der Waals surface area contributed by atoms with Gasteiger partial charge in [-0.25, -0.2) is 0 Å². The lowest BCUT2D eigenvalue weighted by Crippen LogP contribution is -2.41. The van der Waals surface area contributed by atoms with Gasteiger partial charge in [0.15, 0.2) is 5.11 Å². The number of ether oxygens (including phenoxy) is 3. The fourth-order valence-corrected chi connectivity index (χ4v) is 1.27. The summed E-state index contributed by atoms with van der Waals surface area (Å²) < 4.78 is 15.1. The van der Waals surface area contributed by atoms with E-state index in [0.29, 0.717) is 18.3 Å².